The molecule has 1 rings (SSSR count). The summed E-state index contributed by atoms with van der Waals surface area (Å²) in [5, 5.41) is 8.28. The van der Waals surface area contributed by atoms with Gasteiger partial charge in [-0.1, -0.05) is 18.2 Å². The van der Waals surface area contributed by atoms with E-state index >= 15 is 0 Å². The largest absolute Gasteiger partial charge is 0.478 e. The van der Waals surface area contributed by atoms with Crippen molar-refractivity contribution in [2.75, 3.05) is 0 Å². The minimum atomic E-state index is -0.936. The van der Waals surface area contributed by atoms with Crippen molar-refractivity contribution < 1.29 is 9.90 Å². The standard InChI is InChI=1S/C9H7O2/c10-9(11)7-6-8-4-2-1-3-5-8/h1-2,4-7H,(H,10,11)/b7-6+. The van der Waals surface area contributed by atoms with Gasteiger partial charge in [0.1, 0.15) is 0 Å². The van der Waals surface area contributed by atoms with E-state index < -0.39 is 5.97 Å². The van der Waals surface area contributed by atoms with E-state index in [-0.39, 0.29) is 0 Å². The molecule has 0 amide bonds. The maximum atomic E-state index is 10.1. The average molecular weight is 147 g/mol. The summed E-state index contributed by atoms with van der Waals surface area (Å²) in [6, 6.07) is 9.95. The van der Waals surface area contributed by atoms with E-state index in [4.69, 9.17) is 5.11 Å². The van der Waals surface area contributed by atoms with Crippen LogP contribution < -0.4 is 0 Å². The molecule has 1 radical (unpaired) electrons. The van der Waals surface area contributed by atoms with Crippen LogP contribution in [-0.4, -0.2) is 11.1 Å². The third-order valence-corrected chi connectivity index (χ3v) is 1.15. The molecule has 0 saturated carbocycles. The number of benzene rings is 1. The zero-order valence-electron chi connectivity index (χ0n) is 5.82. The second-order valence-corrected chi connectivity index (χ2v) is 2.01. The Morgan fingerprint density at radius 1 is 1.64 bits per heavy atom. The van der Waals surface area contributed by atoms with E-state index in [9.17, 15) is 4.79 Å². The minimum absolute atomic E-state index is 0.843. The number of hydrogen-bond acceptors (Lipinski definition) is 1. The molecular weight excluding hydrogens is 140 g/mol. The van der Waals surface area contributed by atoms with Crippen molar-refractivity contribution in [1.29, 1.82) is 0 Å². The Hall–Kier alpha value is -1.57. The summed E-state index contributed by atoms with van der Waals surface area (Å²) in [6.45, 7) is 0. The molecule has 0 aliphatic rings. The van der Waals surface area contributed by atoms with Gasteiger partial charge >= 0.3 is 5.97 Å². The quantitative estimate of drug-likeness (QED) is 0.645. The van der Waals surface area contributed by atoms with Gasteiger partial charge in [0.05, 0.1) is 0 Å². The number of hydrogen-bond donors (Lipinski definition) is 1. The topological polar surface area (TPSA) is 37.3 Å². The first kappa shape index (κ1) is 7.54. The SMILES string of the molecule is O=C(O)/C=C/c1c[c]ccc1. The van der Waals surface area contributed by atoms with Crippen LogP contribution in [0, 0.1) is 6.07 Å². The first-order chi connectivity index (χ1) is 5.29. The molecule has 2 nitrogen and oxygen atoms in total. The van der Waals surface area contributed by atoms with Crippen LogP contribution in [0.5, 0.6) is 0 Å². The van der Waals surface area contributed by atoms with Gasteiger partial charge in [0.15, 0.2) is 0 Å². The number of carboxylic acids is 1. The summed E-state index contributed by atoms with van der Waals surface area (Å²) in [7, 11) is 0. The maximum Gasteiger partial charge on any atom is 0.328 e. The highest BCUT2D eigenvalue weighted by atomic mass is 16.4. The van der Waals surface area contributed by atoms with Gasteiger partial charge in [-0.3, -0.25) is 0 Å². The maximum absolute atomic E-state index is 10.1. The fraction of sp³-hybridized carbons (Fsp3) is 0. The van der Waals surface area contributed by atoms with Gasteiger partial charge in [-0.25, -0.2) is 4.79 Å². The lowest BCUT2D eigenvalue weighted by molar-refractivity contribution is -0.131. The smallest absolute Gasteiger partial charge is 0.328 e. The van der Waals surface area contributed by atoms with Crippen LogP contribution in [0.15, 0.2) is 30.3 Å². The third kappa shape index (κ3) is 2.67. The van der Waals surface area contributed by atoms with E-state index in [0.717, 1.165) is 11.6 Å². The van der Waals surface area contributed by atoms with E-state index in [1.54, 1.807) is 12.1 Å². The predicted octanol–water partition coefficient (Wildman–Crippen LogP) is 1.58. The Labute approximate surface area is 64.8 Å². The lowest BCUT2D eigenvalue weighted by Gasteiger charge is -1.87. The molecule has 0 aromatic heterocycles. The van der Waals surface area contributed by atoms with Crippen molar-refractivity contribution in [1.82, 2.24) is 0 Å². The Morgan fingerprint density at radius 2 is 2.45 bits per heavy atom. The van der Waals surface area contributed by atoms with Crippen LogP contribution in [0.4, 0.5) is 0 Å². The molecule has 0 aliphatic carbocycles. The number of rotatable bonds is 2. The van der Waals surface area contributed by atoms with Crippen molar-refractivity contribution in [3.05, 3.63) is 42.0 Å². The van der Waals surface area contributed by atoms with Crippen molar-refractivity contribution in [3.63, 3.8) is 0 Å². The van der Waals surface area contributed by atoms with Crippen molar-refractivity contribution in [2.24, 2.45) is 0 Å². The Bertz CT molecular complexity index is 262. The van der Waals surface area contributed by atoms with Gasteiger partial charge < -0.3 is 5.11 Å². The van der Waals surface area contributed by atoms with Crippen molar-refractivity contribution in [3.8, 4) is 0 Å². The van der Waals surface area contributed by atoms with Crippen molar-refractivity contribution >= 4 is 12.0 Å². The molecule has 0 bridgehead atoms. The predicted molar refractivity (Wildman–Crippen MR) is 41.9 cm³/mol. The fourth-order valence-electron chi connectivity index (χ4n) is 0.678. The highest BCUT2D eigenvalue weighted by molar-refractivity contribution is 5.85. The van der Waals surface area contributed by atoms with Gasteiger partial charge in [-0.2, -0.15) is 0 Å². The van der Waals surface area contributed by atoms with Gasteiger partial charge in [0.2, 0.25) is 0 Å². The molecule has 1 aromatic carbocycles. The molecule has 0 unspecified atom stereocenters. The summed E-state index contributed by atoms with van der Waals surface area (Å²) >= 11 is 0. The molecule has 2 heteroatoms. The van der Waals surface area contributed by atoms with Crippen LogP contribution >= 0.6 is 0 Å². The summed E-state index contributed by atoms with van der Waals surface area (Å²) in [5.41, 5.74) is 0.843. The number of carboxylic acid groups (broad SMARTS) is 1. The lowest BCUT2D eigenvalue weighted by atomic mass is 10.2. The highest BCUT2D eigenvalue weighted by Gasteiger charge is 1.86. The summed E-state index contributed by atoms with van der Waals surface area (Å²) in [5.74, 6) is -0.936. The molecule has 0 atom stereocenters. The van der Waals surface area contributed by atoms with Gasteiger partial charge in [0, 0.05) is 6.08 Å². The van der Waals surface area contributed by atoms with Crippen molar-refractivity contribution in [2.45, 2.75) is 0 Å². The molecule has 0 aliphatic heterocycles. The normalized spacial score (nSPS) is 10.2. The molecule has 0 spiro atoms. The zero-order valence-corrected chi connectivity index (χ0v) is 5.82. The zero-order chi connectivity index (χ0) is 8.10. The molecule has 55 valence electrons. The molecule has 1 N–H and O–H groups in total. The van der Waals surface area contributed by atoms with Crippen LogP contribution in [0.2, 0.25) is 0 Å². The van der Waals surface area contributed by atoms with Crippen LogP contribution in [-0.2, 0) is 4.79 Å². The molecule has 1 aromatic rings. The highest BCUT2D eigenvalue weighted by Crippen LogP contribution is 1.99. The van der Waals surface area contributed by atoms with E-state index in [1.165, 1.54) is 6.08 Å². The summed E-state index contributed by atoms with van der Waals surface area (Å²) in [6.07, 6.45) is 2.63. The Kier molecular flexibility index (Phi) is 2.44. The molecular formula is C9H7O2. The van der Waals surface area contributed by atoms with Gasteiger partial charge in [0.25, 0.3) is 0 Å². The first-order valence-electron chi connectivity index (χ1n) is 3.16. The fourth-order valence-corrected chi connectivity index (χ4v) is 0.678. The second-order valence-electron chi connectivity index (χ2n) is 2.01. The van der Waals surface area contributed by atoms with E-state index in [2.05, 4.69) is 6.07 Å². The summed E-state index contributed by atoms with van der Waals surface area (Å²) in [4.78, 5) is 10.1. The number of aliphatic carboxylic acids is 1. The second kappa shape index (κ2) is 3.56. The monoisotopic (exact) mass is 147 g/mol. The molecule has 0 heterocycles. The minimum Gasteiger partial charge on any atom is -0.478 e. The molecule has 0 fully saturated rings. The number of carbonyl (C=O) groups is 1. The van der Waals surface area contributed by atoms with Crippen LogP contribution in [0.3, 0.4) is 0 Å². The average Bonchev–Trinajstić information content (AvgIpc) is 2.03. The van der Waals surface area contributed by atoms with Gasteiger partial charge in [-0.05, 0) is 23.8 Å². The third-order valence-electron chi connectivity index (χ3n) is 1.15. The Morgan fingerprint density at radius 3 is 3.00 bits per heavy atom. The first-order valence-corrected chi connectivity index (χ1v) is 3.16. The Balaban J connectivity index is 2.72. The summed E-state index contributed by atoms with van der Waals surface area (Å²) < 4.78 is 0. The van der Waals surface area contributed by atoms with Gasteiger partial charge in [-0.15, -0.1) is 0 Å². The van der Waals surface area contributed by atoms with E-state index in [0.29, 0.717) is 0 Å². The molecule has 11 heavy (non-hydrogen) atoms. The molecule has 0 saturated heterocycles. The van der Waals surface area contributed by atoms with E-state index in [1.807, 2.05) is 12.1 Å². The van der Waals surface area contributed by atoms with Crippen LogP contribution in [0.1, 0.15) is 5.56 Å². The lowest BCUT2D eigenvalue weighted by Crippen LogP contribution is -1.85. The van der Waals surface area contributed by atoms with Crippen LogP contribution in [0.25, 0.3) is 6.08 Å².